The first-order chi connectivity index (χ1) is 10.2. The topological polar surface area (TPSA) is 75.9 Å². The summed E-state index contributed by atoms with van der Waals surface area (Å²) in [5.41, 5.74) is 2.11. The van der Waals surface area contributed by atoms with Crippen molar-refractivity contribution in [3.8, 4) is 0 Å². The standard InChI is InChI=1S/C15H21N5O/c1-11(2)20-14(17-18-19-20)9-16-15(10-21)8-7-12-5-3-4-6-13(12)15/h3-6,11,16,21H,7-10H2,1-2H3. The molecule has 2 aromatic rings. The van der Waals surface area contributed by atoms with E-state index < -0.39 is 0 Å². The highest BCUT2D eigenvalue weighted by atomic mass is 16.3. The average molecular weight is 287 g/mol. The smallest absolute Gasteiger partial charge is 0.165 e. The predicted octanol–water partition coefficient (Wildman–Crippen LogP) is 1.18. The van der Waals surface area contributed by atoms with Crippen molar-refractivity contribution in [3.05, 3.63) is 41.2 Å². The molecule has 3 rings (SSSR count). The molecule has 6 heteroatoms. The van der Waals surface area contributed by atoms with E-state index in [0.29, 0.717) is 6.54 Å². The van der Waals surface area contributed by atoms with E-state index in [2.05, 4.69) is 33.0 Å². The number of rotatable bonds is 5. The third-order valence-electron chi connectivity index (χ3n) is 4.26. The number of nitrogens with one attached hydrogen (secondary N) is 1. The fourth-order valence-electron chi connectivity index (χ4n) is 3.07. The fraction of sp³-hybridized carbons (Fsp3) is 0.533. The van der Waals surface area contributed by atoms with E-state index in [4.69, 9.17) is 0 Å². The maximum absolute atomic E-state index is 9.95. The lowest BCUT2D eigenvalue weighted by Gasteiger charge is -2.29. The van der Waals surface area contributed by atoms with E-state index >= 15 is 0 Å². The van der Waals surface area contributed by atoms with Gasteiger partial charge in [-0.15, -0.1) is 5.10 Å². The van der Waals surface area contributed by atoms with Crippen molar-refractivity contribution in [3.63, 3.8) is 0 Å². The van der Waals surface area contributed by atoms with E-state index in [1.165, 1.54) is 11.1 Å². The summed E-state index contributed by atoms with van der Waals surface area (Å²) in [5.74, 6) is 0.794. The molecule has 0 saturated carbocycles. The molecule has 1 aliphatic rings. The van der Waals surface area contributed by atoms with Gasteiger partial charge in [0.15, 0.2) is 5.82 Å². The van der Waals surface area contributed by atoms with E-state index in [1.54, 1.807) is 4.68 Å². The minimum Gasteiger partial charge on any atom is -0.394 e. The van der Waals surface area contributed by atoms with Crippen LogP contribution in [0.15, 0.2) is 24.3 Å². The van der Waals surface area contributed by atoms with Crippen molar-refractivity contribution in [2.45, 2.75) is 44.8 Å². The Balaban J connectivity index is 1.82. The zero-order valence-corrected chi connectivity index (χ0v) is 12.5. The van der Waals surface area contributed by atoms with Crippen LogP contribution in [-0.4, -0.2) is 31.9 Å². The predicted molar refractivity (Wildman–Crippen MR) is 78.6 cm³/mol. The molecule has 0 aliphatic heterocycles. The largest absolute Gasteiger partial charge is 0.394 e. The van der Waals surface area contributed by atoms with Crippen molar-refractivity contribution in [1.29, 1.82) is 0 Å². The Labute approximate surface area is 124 Å². The first-order valence-electron chi connectivity index (χ1n) is 7.37. The van der Waals surface area contributed by atoms with Crippen LogP contribution in [0.25, 0.3) is 0 Å². The maximum Gasteiger partial charge on any atom is 0.165 e. The quantitative estimate of drug-likeness (QED) is 0.863. The van der Waals surface area contributed by atoms with Crippen LogP contribution in [0.1, 0.15) is 43.3 Å². The molecule has 2 N–H and O–H groups in total. The SMILES string of the molecule is CC(C)n1nnnc1CNC1(CO)CCc2ccccc21. The van der Waals surface area contributed by atoms with Crippen LogP contribution < -0.4 is 5.32 Å². The lowest BCUT2D eigenvalue weighted by Crippen LogP contribution is -2.44. The van der Waals surface area contributed by atoms with E-state index in [0.717, 1.165) is 18.7 Å². The molecule has 1 atom stereocenters. The van der Waals surface area contributed by atoms with Gasteiger partial charge in [-0.25, -0.2) is 4.68 Å². The third kappa shape index (κ3) is 2.45. The Morgan fingerprint density at radius 3 is 2.95 bits per heavy atom. The zero-order valence-electron chi connectivity index (χ0n) is 12.5. The monoisotopic (exact) mass is 287 g/mol. The highest BCUT2D eigenvalue weighted by molar-refractivity contribution is 5.38. The number of aliphatic hydroxyl groups is 1. The minimum absolute atomic E-state index is 0.0766. The molecule has 1 heterocycles. The molecule has 0 bridgehead atoms. The van der Waals surface area contributed by atoms with E-state index in [9.17, 15) is 5.11 Å². The molecule has 1 aromatic carbocycles. The number of tetrazole rings is 1. The van der Waals surface area contributed by atoms with Gasteiger partial charge in [0.2, 0.25) is 0 Å². The summed E-state index contributed by atoms with van der Waals surface area (Å²) in [5, 5.41) is 25.3. The van der Waals surface area contributed by atoms with Crippen molar-refractivity contribution >= 4 is 0 Å². The lowest BCUT2D eigenvalue weighted by atomic mass is 9.92. The molecular formula is C15H21N5O. The third-order valence-corrected chi connectivity index (χ3v) is 4.26. The number of nitrogens with zero attached hydrogens (tertiary/aromatic N) is 4. The summed E-state index contributed by atoms with van der Waals surface area (Å²) in [6, 6.07) is 8.52. The second-order valence-corrected chi connectivity index (χ2v) is 5.88. The summed E-state index contributed by atoms with van der Waals surface area (Å²) in [6.07, 6.45) is 1.88. The van der Waals surface area contributed by atoms with Gasteiger partial charge in [0, 0.05) is 0 Å². The average Bonchev–Trinajstić information content (AvgIpc) is 3.10. The first kappa shape index (κ1) is 14.2. The van der Waals surface area contributed by atoms with E-state index in [1.807, 2.05) is 26.0 Å². The number of hydrogen-bond acceptors (Lipinski definition) is 5. The summed E-state index contributed by atoms with van der Waals surface area (Å²) >= 11 is 0. The van der Waals surface area contributed by atoms with Crippen molar-refractivity contribution in [2.75, 3.05) is 6.61 Å². The Morgan fingerprint density at radius 1 is 1.38 bits per heavy atom. The highest BCUT2D eigenvalue weighted by Crippen LogP contribution is 2.36. The van der Waals surface area contributed by atoms with Gasteiger partial charge in [-0.05, 0) is 48.2 Å². The van der Waals surface area contributed by atoms with Crippen LogP contribution in [0.4, 0.5) is 0 Å². The van der Waals surface area contributed by atoms with Crippen molar-refractivity contribution in [1.82, 2.24) is 25.5 Å². The molecule has 6 nitrogen and oxygen atoms in total. The summed E-state index contributed by atoms with van der Waals surface area (Å²) in [4.78, 5) is 0. The Kier molecular flexibility index (Phi) is 3.73. The Bertz CT molecular complexity index is 624. The number of aliphatic hydroxyl groups excluding tert-OH is 1. The number of aryl methyl sites for hydroxylation is 1. The van der Waals surface area contributed by atoms with Crippen LogP contribution in [0.5, 0.6) is 0 Å². The first-order valence-corrected chi connectivity index (χ1v) is 7.37. The Morgan fingerprint density at radius 2 is 2.19 bits per heavy atom. The summed E-state index contributed by atoms with van der Waals surface area (Å²) < 4.78 is 1.80. The number of fused-ring (bicyclic) bond motifs is 1. The molecule has 0 radical (unpaired) electrons. The number of aromatic nitrogens is 4. The normalized spacial score (nSPS) is 21.0. The van der Waals surface area contributed by atoms with Crippen LogP contribution >= 0.6 is 0 Å². The second kappa shape index (κ2) is 5.54. The summed E-state index contributed by atoms with van der Waals surface area (Å²) in [6.45, 7) is 4.71. The molecule has 1 aliphatic carbocycles. The van der Waals surface area contributed by atoms with Crippen molar-refractivity contribution in [2.24, 2.45) is 0 Å². The highest BCUT2D eigenvalue weighted by Gasteiger charge is 2.37. The summed E-state index contributed by atoms with van der Waals surface area (Å²) in [7, 11) is 0. The van der Waals surface area contributed by atoms with Crippen LogP contribution in [0, 0.1) is 0 Å². The molecule has 112 valence electrons. The van der Waals surface area contributed by atoms with Gasteiger partial charge in [0.1, 0.15) is 0 Å². The van der Waals surface area contributed by atoms with Gasteiger partial charge in [-0.1, -0.05) is 24.3 Å². The van der Waals surface area contributed by atoms with E-state index in [-0.39, 0.29) is 18.2 Å². The molecule has 1 unspecified atom stereocenters. The van der Waals surface area contributed by atoms with Crippen molar-refractivity contribution < 1.29 is 5.11 Å². The van der Waals surface area contributed by atoms with Gasteiger partial charge in [0.05, 0.1) is 24.7 Å². The molecule has 0 saturated heterocycles. The van der Waals surface area contributed by atoms with Gasteiger partial charge in [0.25, 0.3) is 0 Å². The molecular weight excluding hydrogens is 266 g/mol. The zero-order chi connectivity index (χ0) is 14.9. The lowest BCUT2D eigenvalue weighted by molar-refractivity contribution is 0.157. The molecule has 0 fully saturated rings. The second-order valence-electron chi connectivity index (χ2n) is 5.88. The Hall–Kier alpha value is -1.79. The van der Waals surface area contributed by atoms with Gasteiger partial charge in [-0.2, -0.15) is 0 Å². The molecule has 1 aromatic heterocycles. The fourth-order valence-corrected chi connectivity index (χ4v) is 3.07. The van der Waals surface area contributed by atoms with Gasteiger partial charge < -0.3 is 5.11 Å². The molecule has 0 spiro atoms. The maximum atomic E-state index is 9.95. The number of hydrogen-bond donors (Lipinski definition) is 2. The minimum atomic E-state index is -0.385. The van der Waals surface area contributed by atoms with Gasteiger partial charge >= 0.3 is 0 Å². The molecule has 21 heavy (non-hydrogen) atoms. The van der Waals surface area contributed by atoms with Crippen LogP contribution in [0.2, 0.25) is 0 Å². The van der Waals surface area contributed by atoms with Gasteiger partial charge in [-0.3, -0.25) is 5.32 Å². The molecule has 0 amide bonds. The number of benzene rings is 1. The van der Waals surface area contributed by atoms with Crippen LogP contribution in [-0.2, 0) is 18.5 Å². The van der Waals surface area contributed by atoms with Crippen LogP contribution in [0.3, 0.4) is 0 Å².